The number of ether oxygens (including phenoxy) is 3. The van der Waals surface area contributed by atoms with Gasteiger partial charge in [0.15, 0.2) is 6.23 Å². The highest BCUT2D eigenvalue weighted by atomic mass is 19.3. The van der Waals surface area contributed by atoms with Crippen molar-refractivity contribution in [3.8, 4) is 11.5 Å². The molecule has 0 N–H and O–H groups in total. The van der Waals surface area contributed by atoms with E-state index in [0.717, 1.165) is 29.7 Å². The molecule has 0 saturated heterocycles. The number of methoxy groups -OCH3 is 1. The van der Waals surface area contributed by atoms with E-state index in [1.165, 1.54) is 6.07 Å². The van der Waals surface area contributed by atoms with Gasteiger partial charge in [-0.15, -0.1) is 0 Å². The van der Waals surface area contributed by atoms with Crippen LogP contribution in [0.15, 0.2) is 48.5 Å². The van der Waals surface area contributed by atoms with Crippen molar-refractivity contribution < 1.29 is 23.0 Å². The molecule has 0 saturated carbocycles. The zero-order valence-corrected chi connectivity index (χ0v) is 16.9. The van der Waals surface area contributed by atoms with Crippen molar-refractivity contribution in [3.63, 3.8) is 0 Å². The van der Waals surface area contributed by atoms with Gasteiger partial charge in [0.05, 0.1) is 6.10 Å². The van der Waals surface area contributed by atoms with Gasteiger partial charge in [-0.05, 0) is 63.2 Å². The Morgan fingerprint density at radius 3 is 2.39 bits per heavy atom. The van der Waals surface area contributed by atoms with Crippen molar-refractivity contribution in [2.75, 3.05) is 21.2 Å². The van der Waals surface area contributed by atoms with E-state index in [2.05, 4.69) is 4.74 Å². The highest BCUT2D eigenvalue weighted by molar-refractivity contribution is 5.35. The lowest BCUT2D eigenvalue weighted by molar-refractivity contribution is -0.0498. The van der Waals surface area contributed by atoms with E-state index in [-0.39, 0.29) is 18.1 Å². The Bertz CT molecular complexity index is 724. The summed E-state index contributed by atoms with van der Waals surface area (Å²) in [6, 6.07) is 14.7. The molecule has 2 rings (SSSR count). The minimum atomic E-state index is -2.82. The molecule has 0 aromatic heterocycles. The number of nitrogens with zero attached hydrogens (tertiary/aromatic N) is 1. The molecular formula is C22H29F2NO3. The van der Waals surface area contributed by atoms with Crippen LogP contribution >= 0.6 is 0 Å². The summed E-state index contributed by atoms with van der Waals surface area (Å²) in [6.07, 6.45) is 2.14. The molecule has 2 unspecified atom stereocenters. The predicted molar refractivity (Wildman–Crippen MR) is 106 cm³/mol. The van der Waals surface area contributed by atoms with E-state index < -0.39 is 6.61 Å². The van der Waals surface area contributed by atoms with Gasteiger partial charge in [-0.2, -0.15) is 8.78 Å². The number of hydrogen-bond acceptors (Lipinski definition) is 4. The molecule has 28 heavy (non-hydrogen) atoms. The summed E-state index contributed by atoms with van der Waals surface area (Å²) in [5, 5.41) is 0. The third kappa shape index (κ3) is 7.09. The Morgan fingerprint density at radius 2 is 1.71 bits per heavy atom. The second-order valence-electron chi connectivity index (χ2n) is 6.95. The number of benzene rings is 2. The molecular weight excluding hydrogens is 364 g/mol. The maximum absolute atomic E-state index is 12.4. The zero-order chi connectivity index (χ0) is 20.5. The van der Waals surface area contributed by atoms with Crippen LogP contribution in [0.1, 0.15) is 24.5 Å². The summed E-state index contributed by atoms with van der Waals surface area (Å²) in [6.45, 7) is -0.804. The van der Waals surface area contributed by atoms with Gasteiger partial charge in [-0.1, -0.05) is 30.3 Å². The number of rotatable bonds is 11. The van der Waals surface area contributed by atoms with Gasteiger partial charge in [0.2, 0.25) is 0 Å². The van der Waals surface area contributed by atoms with Crippen LogP contribution in [0.5, 0.6) is 11.5 Å². The van der Waals surface area contributed by atoms with Gasteiger partial charge in [0.25, 0.3) is 0 Å². The van der Waals surface area contributed by atoms with E-state index in [1.54, 1.807) is 19.2 Å². The molecule has 0 aliphatic carbocycles. The molecule has 0 radical (unpaired) electrons. The van der Waals surface area contributed by atoms with Crippen LogP contribution in [0.25, 0.3) is 0 Å². The SMILES string of the molecule is COC(C)CC(Oc1ccccc1CCc1cccc(OC(F)F)c1)N(C)C. The average molecular weight is 393 g/mol. The molecule has 0 amide bonds. The zero-order valence-electron chi connectivity index (χ0n) is 16.9. The van der Waals surface area contributed by atoms with Crippen LogP contribution in [0, 0.1) is 0 Å². The number of hydrogen-bond donors (Lipinski definition) is 0. The van der Waals surface area contributed by atoms with Crippen molar-refractivity contribution in [3.05, 3.63) is 59.7 Å². The van der Waals surface area contributed by atoms with Crippen molar-refractivity contribution in [1.29, 1.82) is 0 Å². The maximum atomic E-state index is 12.4. The van der Waals surface area contributed by atoms with E-state index in [9.17, 15) is 8.78 Å². The second kappa shape index (κ2) is 11.0. The number of para-hydroxylation sites is 1. The molecule has 0 aliphatic heterocycles. The number of alkyl halides is 2. The summed E-state index contributed by atoms with van der Waals surface area (Å²) in [5.41, 5.74) is 2.00. The van der Waals surface area contributed by atoms with Crippen LogP contribution in [-0.4, -0.2) is 45.0 Å². The summed E-state index contributed by atoms with van der Waals surface area (Å²) in [5.74, 6) is 1.00. The third-order valence-electron chi connectivity index (χ3n) is 4.55. The maximum Gasteiger partial charge on any atom is 0.387 e. The van der Waals surface area contributed by atoms with E-state index in [0.29, 0.717) is 6.42 Å². The smallest absolute Gasteiger partial charge is 0.387 e. The van der Waals surface area contributed by atoms with Gasteiger partial charge in [-0.3, -0.25) is 4.90 Å². The first-order valence-corrected chi connectivity index (χ1v) is 9.36. The molecule has 0 bridgehead atoms. The summed E-state index contributed by atoms with van der Waals surface area (Å²) < 4.78 is 40.9. The lowest BCUT2D eigenvalue weighted by Gasteiger charge is -2.28. The van der Waals surface area contributed by atoms with Crippen LogP contribution in [0.2, 0.25) is 0 Å². The van der Waals surface area contributed by atoms with Crippen LogP contribution in [0.4, 0.5) is 8.78 Å². The molecule has 6 heteroatoms. The first-order valence-electron chi connectivity index (χ1n) is 9.36. The standard InChI is InChI=1S/C22H29F2NO3/c1-16(26-4)14-21(25(2)3)28-20-11-6-5-9-18(20)13-12-17-8-7-10-19(15-17)27-22(23)24/h5-11,15-16,21-22H,12-14H2,1-4H3. The fourth-order valence-corrected chi connectivity index (χ4v) is 2.87. The first kappa shape index (κ1) is 22.1. The van der Waals surface area contributed by atoms with Crippen LogP contribution < -0.4 is 9.47 Å². The Hall–Kier alpha value is -2.18. The molecule has 0 fully saturated rings. The number of halogens is 2. The molecule has 154 valence electrons. The molecule has 0 heterocycles. The van der Waals surface area contributed by atoms with Crippen LogP contribution in [0.3, 0.4) is 0 Å². The van der Waals surface area contributed by atoms with Crippen molar-refractivity contribution in [2.45, 2.75) is 45.1 Å². The van der Waals surface area contributed by atoms with Crippen molar-refractivity contribution in [2.24, 2.45) is 0 Å². The fraction of sp³-hybridized carbons (Fsp3) is 0.455. The summed E-state index contributed by atoms with van der Waals surface area (Å²) in [4.78, 5) is 2.03. The summed E-state index contributed by atoms with van der Waals surface area (Å²) in [7, 11) is 5.64. The first-order chi connectivity index (χ1) is 13.4. The molecule has 0 spiro atoms. The Kier molecular flexibility index (Phi) is 8.67. The van der Waals surface area contributed by atoms with Gasteiger partial charge in [0, 0.05) is 13.5 Å². The van der Waals surface area contributed by atoms with Crippen LogP contribution in [-0.2, 0) is 17.6 Å². The molecule has 0 aliphatic rings. The van der Waals surface area contributed by atoms with Crippen molar-refractivity contribution >= 4 is 0 Å². The normalized spacial score (nSPS) is 13.6. The topological polar surface area (TPSA) is 30.9 Å². The van der Waals surface area contributed by atoms with Gasteiger partial charge < -0.3 is 14.2 Å². The molecule has 2 atom stereocenters. The van der Waals surface area contributed by atoms with Crippen molar-refractivity contribution in [1.82, 2.24) is 4.90 Å². The lowest BCUT2D eigenvalue weighted by atomic mass is 10.0. The fourth-order valence-electron chi connectivity index (χ4n) is 2.87. The lowest BCUT2D eigenvalue weighted by Crippen LogP contribution is -2.36. The Morgan fingerprint density at radius 1 is 0.964 bits per heavy atom. The molecule has 2 aromatic carbocycles. The Balaban J connectivity index is 2.07. The molecule has 4 nitrogen and oxygen atoms in total. The predicted octanol–water partition coefficient (Wildman–Crippen LogP) is 4.76. The Labute approximate surface area is 166 Å². The summed E-state index contributed by atoms with van der Waals surface area (Å²) >= 11 is 0. The van der Waals surface area contributed by atoms with Gasteiger partial charge >= 0.3 is 6.61 Å². The van der Waals surface area contributed by atoms with Gasteiger partial charge in [-0.25, -0.2) is 0 Å². The minimum Gasteiger partial charge on any atom is -0.475 e. The van der Waals surface area contributed by atoms with E-state index in [1.807, 2.05) is 56.3 Å². The quantitative estimate of drug-likeness (QED) is 0.515. The highest BCUT2D eigenvalue weighted by Crippen LogP contribution is 2.24. The number of aryl methyl sites for hydroxylation is 2. The minimum absolute atomic E-state index is 0.0807. The van der Waals surface area contributed by atoms with E-state index >= 15 is 0 Å². The highest BCUT2D eigenvalue weighted by Gasteiger charge is 2.18. The van der Waals surface area contributed by atoms with E-state index in [4.69, 9.17) is 9.47 Å². The largest absolute Gasteiger partial charge is 0.475 e. The third-order valence-corrected chi connectivity index (χ3v) is 4.55. The molecule has 2 aromatic rings. The average Bonchev–Trinajstić information content (AvgIpc) is 2.66. The monoisotopic (exact) mass is 393 g/mol. The second-order valence-corrected chi connectivity index (χ2v) is 6.95. The van der Waals surface area contributed by atoms with Gasteiger partial charge in [0.1, 0.15) is 11.5 Å².